The highest BCUT2D eigenvalue weighted by Gasteiger charge is 2.18. The summed E-state index contributed by atoms with van der Waals surface area (Å²) in [7, 11) is 1.83. The third-order valence-electron chi connectivity index (χ3n) is 4.34. The fourth-order valence-corrected chi connectivity index (χ4v) is 3.26. The highest BCUT2D eigenvalue weighted by molar-refractivity contribution is 7.09. The van der Waals surface area contributed by atoms with Crippen molar-refractivity contribution in [3.05, 3.63) is 81.8 Å². The molecule has 0 spiro atoms. The monoisotopic (exact) mass is 366 g/mol. The minimum Gasteiger partial charge on any atom is -0.487 e. The van der Waals surface area contributed by atoms with Gasteiger partial charge in [0.15, 0.2) is 0 Å². The van der Waals surface area contributed by atoms with Gasteiger partial charge in [0, 0.05) is 18.0 Å². The maximum Gasteiger partial charge on any atom is 0.254 e. The fourth-order valence-electron chi connectivity index (χ4n) is 2.66. The predicted molar refractivity (Wildman–Crippen MR) is 105 cm³/mol. The van der Waals surface area contributed by atoms with Crippen molar-refractivity contribution in [1.29, 1.82) is 0 Å². The number of thiazole rings is 1. The van der Waals surface area contributed by atoms with Crippen molar-refractivity contribution in [2.75, 3.05) is 7.05 Å². The quantitative estimate of drug-likeness (QED) is 0.625. The molecule has 3 rings (SSSR count). The number of nitrogens with zero attached hydrogens (tertiary/aromatic N) is 2. The summed E-state index contributed by atoms with van der Waals surface area (Å²) in [6.45, 7) is 4.44. The van der Waals surface area contributed by atoms with Gasteiger partial charge in [-0.25, -0.2) is 4.98 Å². The summed E-state index contributed by atoms with van der Waals surface area (Å²) in [4.78, 5) is 18.9. The van der Waals surface area contributed by atoms with Gasteiger partial charge in [-0.15, -0.1) is 11.3 Å². The van der Waals surface area contributed by atoms with Crippen LogP contribution >= 0.6 is 11.3 Å². The van der Waals surface area contributed by atoms with Crippen LogP contribution < -0.4 is 4.74 Å². The molecule has 0 N–H and O–H groups in total. The largest absolute Gasteiger partial charge is 0.487 e. The van der Waals surface area contributed by atoms with Crippen LogP contribution in [0.2, 0.25) is 0 Å². The number of carbonyl (C=O) groups excluding carboxylic acids is 1. The first-order valence-corrected chi connectivity index (χ1v) is 9.38. The number of aryl methyl sites for hydroxylation is 1. The highest BCUT2D eigenvalue weighted by atomic mass is 32.1. The summed E-state index contributed by atoms with van der Waals surface area (Å²) in [5.74, 6) is 0.717. The van der Waals surface area contributed by atoms with E-state index in [2.05, 4.69) is 4.98 Å². The number of rotatable bonds is 6. The van der Waals surface area contributed by atoms with Crippen molar-refractivity contribution in [2.45, 2.75) is 26.5 Å². The summed E-state index contributed by atoms with van der Waals surface area (Å²) >= 11 is 1.61. The Morgan fingerprint density at radius 2 is 1.85 bits per heavy atom. The van der Waals surface area contributed by atoms with E-state index < -0.39 is 0 Å². The Balaban J connectivity index is 1.62. The second-order valence-corrected chi connectivity index (χ2v) is 7.24. The molecule has 1 heterocycles. The molecular formula is C21H22N2O2S. The van der Waals surface area contributed by atoms with E-state index in [1.807, 2.05) is 68.7 Å². The molecule has 26 heavy (non-hydrogen) atoms. The molecule has 134 valence electrons. The smallest absolute Gasteiger partial charge is 0.254 e. The zero-order valence-electron chi connectivity index (χ0n) is 15.2. The van der Waals surface area contributed by atoms with Gasteiger partial charge in [-0.2, -0.15) is 0 Å². The second-order valence-electron chi connectivity index (χ2n) is 6.17. The molecule has 2 aromatic carbocycles. The van der Waals surface area contributed by atoms with Crippen molar-refractivity contribution < 1.29 is 9.53 Å². The van der Waals surface area contributed by atoms with Crippen LogP contribution in [0.25, 0.3) is 0 Å². The van der Waals surface area contributed by atoms with Crippen molar-refractivity contribution in [1.82, 2.24) is 9.88 Å². The average Bonchev–Trinajstić information content (AvgIpc) is 3.11. The minimum absolute atomic E-state index is 0.00697. The van der Waals surface area contributed by atoms with Gasteiger partial charge in [0.05, 0.1) is 16.7 Å². The van der Waals surface area contributed by atoms with Crippen LogP contribution in [0.4, 0.5) is 0 Å². The van der Waals surface area contributed by atoms with Crippen LogP contribution in [0.5, 0.6) is 5.75 Å². The Kier molecular flexibility index (Phi) is 5.68. The number of benzene rings is 2. The molecule has 0 bridgehead atoms. The molecule has 0 saturated heterocycles. The van der Waals surface area contributed by atoms with Crippen LogP contribution in [0.15, 0.2) is 60.0 Å². The summed E-state index contributed by atoms with van der Waals surface area (Å²) in [6, 6.07) is 17.3. The first-order valence-electron chi connectivity index (χ1n) is 8.50. The summed E-state index contributed by atoms with van der Waals surface area (Å²) < 4.78 is 5.74. The summed E-state index contributed by atoms with van der Waals surface area (Å²) in [5, 5.41) is 3.02. The Hall–Kier alpha value is -2.66. The van der Waals surface area contributed by atoms with Gasteiger partial charge in [0.25, 0.3) is 5.91 Å². The topological polar surface area (TPSA) is 42.4 Å². The number of amides is 1. The van der Waals surface area contributed by atoms with E-state index in [1.54, 1.807) is 28.4 Å². The van der Waals surface area contributed by atoms with E-state index in [0.717, 1.165) is 22.0 Å². The Morgan fingerprint density at radius 1 is 1.15 bits per heavy atom. The second kappa shape index (κ2) is 8.15. The number of hydrogen-bond donors (Lipinski definition) is 0. The number of aromatic nitrogens is 1. The van der Waals surface area contributed by atoms with Crippen molar-refractivity contribution in [3.8, 4) is 5.75 Å². The van der Waals surface area contributed by atoms with Crippen molar-refractivity contribution >= 4 is 17.2 Å². The molecule has 0 aliphatic rings. The van der Waals surface area contributed by atoms with Crippen LogP contribution in [0.3, 0.4) is 0 Å². The molecule has 1 atom stereocenters. The van der Waals surface area contributed by atoms with E-state index in [9.17, 15) is 4.79 Å². The number of carbonyl (C=O) groups is 1. The standard InChI is InChI=1S/C21H22N2O2S/c1-15(17-7-5-4-6-8-17)23(3)21(24)18-9-11-20(12-10-18)25-13-19-14-26-16(2)22-19/h4-12,14-15H,13H2,1-3H3/t15-/m1/s1. The van der Waals surface area contributed by atoms with Crippen LogP contribution in [0, 0.1) is 6.92 Å². The van der Waals surface area contributed by atoms with Crippen molar-refractivity contribution in [2.24, 2.45) is 0 Å². The molecule has 1 amide bonds. The lowest BCUT2D eigenvalue weighted by molar-refractivity contribution is 0.0742. The van der Waals surface area contributed by atoms with E-state index in [4.69, 9.17) is 4.74 Å². The highest BCUT2D eigenvalue weighted by Crippen LogP contribution is 2.22. The predicted octanol–water partition coefficient (Wildman–Crippen LogP) is 4.86. The first kappa shape index (κ1) is 18.1. The van der Waals surface area contributed by atoms with Gasteiger partial charge in [-0.05, 0) is 43.7 Å². The molecule has 0 fully saturated rings. The Morgan fingerprint density at radius 3 is 2.46 bits per heavy atom. The molecular weight excluding hydrogens is 344 g/mol. The van der Waals surface area contributed by atoms with Crippen molar-refractivity contribution in [3.63, 3.8) is 0 Å². The Bertz CT molecular complexity index is 859. The summed E-state index contributed by atoms with van der Waals surface area (Å²) in [5.41, 5.74) is 2.68. The zero-order valence-corrected chi connectivity index (χ0v) is 16.0. The van der Waals surface area contributed by atoms with Crippen LogP contribution in [-0.2, 0) is 6.61 Å². The average molecular weight is 366 g/mol. The molecule has 3 aromatic rings. The SMILES string of the molecule is Cc1nc(COc2ccc(C(=O)N(C)[C@H](C)c3ccccc3)cc2)cs1. The molecule has 0 radical (unpaired) electrons. The minimum atomic E-state index is -0.0111. The third kappa shape index (κ3) is 4.29. The molecule has 5 heteroatoms. The lowest BCUT2D eigenvalue weighted by Crippen LogP contribution is -2.29. The van der Waals surface area contributed by atoms with Crippen LogP contribution in [0.1, 0.15) is 39.6 Å². The zero-order chi connectivity index (χ0) is 18.5. The lowest BCUT2D eigenvalue weighted by Gasteiger charge is -2.25. The molecule has 4 nitrogen and oxygen atoms in total. The van der Waals surface area contributed by atoms with Gasteiger partial charge < -0.3 is 9.64 Å². The molecule has 0 unspecified atom stereocenters. The number of ether oxygens (including phenoxy) is 1. The first-order chi connectivity index (χ1) is 12.5. The van der Waals surface area contributed by atoms with Gasteiger partial charge in [0.2, 0.25) is 0 Å². The van der Waals surface area contributed by atoms with Gasteiger partial charge in [-0.3, -0.25) is 4.79 Å². The van der Waals surface area contributed by atoms with Gasteiger partial charge in [-0.1, -0.05) is 30.3 Å². The van der Waals surface area contributed by atoms with E-state index in [-0.39, 0.29) is 11.9 Å². The van der Waals surface area contributed by atoms with Gasteiger partial charge >= 0.3 is 0 Å². The van der Waals surface area contributed by atoms with Crippen LogP contribution in [-0.4, -0.2) is 22.8 Å². The van der Waals surface area contributed by atoms with E-state index in [1.165, 1.54) is 0 Å². The van der Waals surface area contributed by atoms with E-state index in [0.29, 0.717) is 12.2 Å². The Labute approximate surface area is 158 Å². The molecule has 0 saturated carbocycles. The summed E-state index contributed by atoms with van der Waals surface area (Å²) in [6.07, 6.45) is 0. The lowest BCUT2D eigenvalue weighted by atomic mass is 10.1. The number of hydrogen-bond acceptors (Lipinski definition) is 4. The molecule has 0 aliphatic heterocycles. The maximum atomic E-state index is 12.7. The third-order valence-corrected chi connectivity index (χ3v) is 5.16. The van der Waals surface area contributed by atoms with E-state index >= 15 is 0 Å². The molecule has 0 aliphatic carbocycles. The van der Waals surface area contributed by atoms with Gasteiger partial charge in [0.1, 0.15) is 12.4 Å². The fraction of sp³-hybridized carbons (Fsp3) is 0.238. The maximum absolute atomic E-state index is 12.7. The normalized spacial score (nSPS) is 11.8. The molecule has 1 aromatic heterocycles.